The van der Waals surface area contributed by atoms with Crippen molar-refractivity contribution in [3.8, 4) is 17.6 Å². The van der Waals surface area contributed by atoms with Crippen LogP contribution in [-0.4, -0.2) is 36.6 Å². The molecule has 0 spiro atoms. The van der Waals surface area contributed by atoms with Crippen molar-refractivity contribution in [3.63, 3.8) is 0 Å². The van der Waals surface area contributed by atoms with E-state index in [1.54, 1.807) is 29.4 Å². The third-order valence-electron chi connectivity index (χ3n) is 5.11. The Morgan fingerprint density at radius 3 is 2.92 bits per heavy atom. The van der Waals surface area contributed by atoms with Crippen LogP contribution in [-0.2, 0) is 4.79 Å². The lowest BCUT2D eigenvalue weighted by molar-refractivity contribution is -0.132. The first-order valence-electron chi connectivity index (χ1n) is 8.20. The topological polar surface area (TPSA) is 104 Å². The van der Waals surface area contributed by atoms with Crippen molar-refractivity contribution >= 4 is 5.91 Å². The van der Waals surface area contributed by atoms with Crippen molar-refractivity contribution in [2.24, 2.45) is 0 Å². The summed E-state index contributed by atoms with van der Waals surface area (Å²) in [5.41, 5.74) is 1.47. The second-order valence-electron chi connectivity index (χ2n) is 6.47. The lowest BCUT2D eigenvalue weighted by atomic mass is 10.2. The summed E-state index contributed by atoms with van der Waals surface area (Å²) in [6.07, 6.45) is 2.46. The largest absolute Gasteiger partial charge is 0.493 e. The molecule has 1 fully saturated rings. The van der Waals surface area contributed by atoms with Crippen LogP contribution in [0.3, 0.4) is 0 Å². The number of nitrogens with zero attached hydrogens (tertiary/aromatic N) is 5. The highest BCUT2D eigenvalue weighted by atomic mass is 16.3. The summed E-state index contributed by atoms with van der Waals surface area (Å²) in [6.45, 7) is 4.03. The van der Waals surface area contributed by atoms with Gasteiger partial charge in [-0.2, -0.15) is 5.26 Å². The molecule has 2 aliphatic heterocycles. The van der Waals surface area contributed by atoms with Crippen molar-refractivity contribution in [3.05, 3.63) is 39.7 Å². The average Bonchev–Trinajstić information content (AvgIpc) is 3.26. The summed E-state index contributed by atoms with van der Waals surface area (Å²) >= 11 is 0. The lowest BCUT2D eigenvalue weighted by Crippen LogP contribution is -2.37. The van der Waals surface area contributed by atoms with Gasteiger partial charge in [-0.05, 0) is 25.0 Å². The first kappa shape index (κ1) is 15.4. The SMILES string of the molecule is CCC(=O)N1C[C@H]2CC1c1c(O)n(-c3cnc(C#N)c(C)c3)c(=O)n12. The highest BCUT2D eigenvalue weighted by Crippen LogP contribution is 2.48. The Balaban J connectivity index is 1.85. The highest BCUT2D eigenvalue weighted by Gasteiger charge is 2.48. The number of nitriles is 1. The molecule has 2 atom stereocenters. The van der Waals surface area contributed by atoms with Crippen LogP contribution in [0.15, 0.2) is 17.1 Å². The molecule has 0 aromatic carbocycles. The van der Waals surface area contributed by atoms with Crippen LogP contribution in [0, 0.1) is 18.3 Å². The predicted molar refractivity (Wildman–Crippen MR) is 87.3 cm³/mol. The molecule has 0 saturated carbocycles. The van der Waals surface area contributed by atoms with E-state index in [1.165, 1.54) is 10.8 Å². The first-order valence-corrected chi connectivity index (χ1v) is 8.20. The third-order valence-corrected chi connectivity index (χ3v) is 5.11. The number of carbonyl (C=O) groups is 1. The summed E-state index contributed by atoms with van der Waals surface area (Å²) in [7, 11) is 0. The maximum atomic E-state index is 12.9. The van der Waals surface area contributed by atoms with E-state index in [4.69, 9.17) is 5.26 Å². The van der Waals surface area contributed by atoms with Crippen LogP contribution in [0.1, 0.15) is 48.8 Å². The van der Waals surface area contributed by atoms with Gasteiger partial charge in [-0.15, -0.1) is 0 Å². The van der Waals surface area contributed by atoms with Crippen LogP contribution in [0.2, 0.25) is 0 Å². The van der Waals surface area contributed by atoms with Crippen LogP contribution >= 0.6 is 0 Å². The van der Waals surface area contributed by atoms with Gasteiger partial charge in [0.25, 0.3) is 0 Å². The zero-order valence-electron chi connectivity index (χ0n) is 13.9. The van der Waals surface area contributed by atoms with Gasteiger partial charge >= 0.3 is 5.69 Å². The van der Waals surface area contributed by atoms with E-state index in [1.807, 2.05) is 6.07 Å². The zero-order valence-corrected chi connectivity index (χ0v) is 13.9. The average molecular weight is 339 g/mol. The van der Waals surface area contributed by atoms with Gasteiger partial charge in [0, 0.05) is 13.0 Å². The van der Waals surface area contributed by atoms with Crippen molar-refractivity contribution in [1.29, 1.82) is 5.26 Å². The Labute approximate surface area is 143 Å². The quantitative estimate of drug-likeness (QED) is 0.884. The number of aromatic nitrogens is 3. The molecular weight excluding hydrogens is 322 g/mol. The second-order valence-corrected chi connectivity index (χ2v) is 6.47. The standard InChI is InChI=1S/C17H17N5O3/c1-3-14(23)20-8-11-5-13(20)15-16(24)22(17(25)21(11)15)10-4-9(2)12(6-18)19-7-10/h4,7,11,13,24H,3,5,8H2,1-2H3/t11-,13?/m1/s1. The van der Waals surface area contributed by atoms with E-state index < -0.39 is 0 Å². The van der Waals surface area contributed by atoms with E-state index in [-0.39, 0.29) is 35.3 Å². The number of fused-ring (bicyclic) bond motifs is 5. The van der Waals surface area contributed by atoms with Crippen LogP contribution in [0.4, 0.5) is 0 Å². The minimum absolute atomic E-state index is 0.0224. The summed E-state index contributed by atoms with van der Waals surface area (Å²) in [4.78, 5) is 30.7. The fraction of sp³-hybridized carbons (Fsp3) is 0.412. The summed E-state index contributed by atoms with van der Waals surface area (Å²) in [6, 6.07) is 3.26. The number of likely N-dealkylation sites (tertiary alicyclic amines) is 1. The van der Waals surface area contributed by atoms with Gasteiger partial charge in [0.05, 0.1) is 24.0 Å². The highest BCUT2D eigenvalue weighted by molar-refractivity contribution is 5.77. The van der Waals surface area contributed by atoms with E-state index in [0.29, 0.717) is 36.3 Å². The van der Waals surface area contributed by atoms with Crippen molar-refractivity contribution in [1.82, 2.24) is 19.0 Å². The van der Waals surface area contributed by atoms with Crippen molar-refractivity contribution in [2.45, 2.75) is 38.8 Å². The number of imidazole rings is 1. The molecule has 1 saturated heterocycles. The molecule has 4 rings (SSSR count). The lowest BCUT2D eigenvalue weighted by Gasteiger charge is -2.27. The zero-order chi connectivity index (χ0) is 17.9. The van der Waals surface area contributed by atoms with Gasteiger partial charge in [-0.1, -0.05) is 6.92 Å². The molecule has 2 aromatic rings. The molecule has 1 N–H and O–H groups in total. The number of aryl methyl sites for hydroxylation is 1. The fourth-order valence-corrected chi connectivity index (χ4v) is 3.96. The van der Waals surface area contributed by atoms with Gasteiger partial charge in [0.2, 0.25) is 11.8 Å². The summed E-state index contributed by atoms with van der Waals surface area (Å²) < 4.78 is 2.79. The summed E-state index contributed by atoms with van der Waals surface area (Å²) in [5.74, 6) is -0.133. The normalized spacial score (nSPS) is 20.6. The van der Waals surface area contributed by atoms with Gasteiger partial charge in [-0.25, -0.2) is 14.3 Å². The Morgan fingerprint density at radius 1 is 1.52 bits per heavy atom. The van der Waals surface area contributed by atoms with Crippen molar-refractivity contribution in [2.75, 3.05) is 6.54 Å². The molecule has 128 valence electrons. The number of pyridine rings is 1. The first-order chi connectivity index (χ1) is 12.0. The molecule has 2 bridgehead atoms. The van der Waals surface area contributed by atoms with Gasteiger partial charge < -0.3 is 10.0 Å². The van der Waals surface area contributed by atoms with E-state index in [0.717, 1.165) is 0 Å². The van der Waals surface area contributed by atoms with Crippen LogP contribution in [0.5, 0.6) is 5.88 Å². The van der Waals surface area contributed by atoms with Crippen molar-refractivity contribution < 1.29 is 9.90 Å². The fourth-order valence-electron chi connectivity index (χ4n) is 3.96. The molecule has 2 aromatic heterocycles. The van der Waals surface area contributed by atoms with Gasteiger partial charge in [0.1, 0.15) is 17.5 Å². The second kappa shape index (κ2) is 5.21. The van der Waals surface area contributed by atoms with Crippen LogP contribution in [0.25, 0.3) is 5.69 Å². The van der Waals surface area contributed by atoms with E-state index in [2.05, 4.69) is 4.98 Å². The third kappa shape index (κ3) is 1.95. The smallest absolute Gasteiger partial charge is 0.336 e. The van der Waals surface area contributed by atoms with Gasteiger partial charge in [-0.3, -0.25) is 9.36 Å². The number of carbonyl (C=O) groups excluding carboxylic acids is 1. The molecule has 4 heterocycles. The number of hydrogen-bond acceptors (Lipinski definition) is 5. The van der Waals surface area contributed by atoms with E-state index >= 15 is 0 Å². The minimum atomic E-state index is -0.338. The van der Waals surface area contributed by atoms with E-state index in [9.17, 15) is 14.7 Å². The number of rotatable bonds is 2. The number of hydrogen-bond donors (Lipinski definition) is 1. The maximum absolute atomic E-state index is 12.9. The predicted octanol–water partition coefficient (Wildman–Crippen LogP) is 1.16. The molecular formula is C17H17N5O3. The Kier molecular flexibility index (Phi) is 3.22. The summed E-state index contributed by atoms with van der Waals surface area (Å²) in [5, 5.41) is 19.7. The minimum Gasteiger partial charge on any atom is -0.493 e. The Hall–Kier alpha value is -3.08. The monoisotopic (exact) mass is 339 g/mol. The molecule has 8 heteroatoms. The molecule has 1 amide bonds. The van der Waals surface area contributed by atoms with Crippen LogP contribution < -0.4 is 5.69 Å². The number of amides is 1. The molecule has 1 unspecified atom stereocenters. The molecule has 8 nitrogen and oxygen atoms in total. The molecule has 0 aliphatic carbocycles. The Bertz CT molecular complexity index is 997. The maximum Gasteiger partial charge on any atom is 0.336 e. The molecule has 2 aliphatic rings. The molecule has 0 radical (unpaired) electrons. The Morgan fingerprint density at radius 2 is 2.28 bits per heavy atom. The number of aromatic hydroxyl groups is 1. The molecule has 25 heavy (non-hydrogen) atoms. The van der Waals surface area contributed by atoms with Gasteiger partial charge in [0.15, 0.2) is 0 Å².